The molecule has 1 aromatic carbocycles. The molecule has 2 amide bonds. The minimum Gasteiger partial charge on any atom is -0.434 e. The smallest absolute Gasteiger partial charge is 0.387 e. The van der Waals surface area contributed by atoms with Crippen LogP contribution in [0.15, 0.2) is 30.3 Å². The molecule has 0 N–H and O–H groups in total. The summed E-state index contributed by atoms with van der Waals surface area (Å²) in [5.74, 6) is 0.0601. The largest absolute Gasteiger partial charge is 0.434 e. The summed E-state index contributed by atoms with van der Waals surface area (Å²) in [6, 6.07) is 6.34. The van der Waals surface area contributed by atoms with Crippen molar-refractivity contribution < 1.29 is 23.1 Å². The van der Waals surface area contributed by atoms with E-state index in [1.54, 1.807) is 23.1 Å². The maximum absolute atomic E-state index is 12.5. The molecule has 0 spiro atoms. The number of halogens is 2. The molecule has 0 bridgehead atoms. The number of hydrogen-bond donors (Lipinski definition) is 0. The molecular weight excluding hydrogens is 354 g/mol. The molecule has 0 unspecified atom stereocenters. The number of hydrogen-bond acceptors (Lipinski definition) is 3. The summed E-state index contributed by atoms with van der Waals surface area (Å²) in [7, 11) is 0. The first-order chi connectivity index (χ1) is 13.0. The molecule has 0 aromatic heterocycles. The monoisotopic (exact) mass is 378 g/mol. The lowest BCUT2D eigenvalue weighted by atomic mass is 9.95. The molecule has 3 rings (SSSR count). The number of para-hydroxylation sites is 1. The van der Waals surface area contributed by atoms with Crippen LogP contribution in [-0.4, -0.2) is 54.4 Å². The topological polar surface area (TPSA) is 49.9 Å². The van der Waals surface area contributed by atoms with Gasteiger partial charge in [0.05, 0.1) is 0 Å². The van der Waals surface area contributed by atoms with Crippen molar-refractivity contribution in [3.8, 4) is 5.75 Å². The third-order valence-corrected chi connectivity index (χ3v) is 5.11. The molecule has 5 nitrogen and oxygen atoms in total. The van der Waals surface area contributed by atoms with Crippen LogP contribution >= 0.6 is 0 Å². The SMILES string of the molecule is O=C(/C=C/c1ccccc1OC(F)F)N1CCC(C(=O)N2CCCC2)CC1. The number of likely N-dealkylation sites (tertiary alicyclic amines) is 2. The highest BCUT2D eigenvalue weighted by Gasteiger charge is 2.30. The number of piperidine rings is 1. The second-order valence-corrected chi connectivity index (χ2v) is 6.88. The van der Waals surface area contributed by atoms with Gasteiger partial charge in [0.15, 0.2) is 0 Å². The molecule has 146 valence electrons. The molecular formula is C20H24F2N2O3. The van der Waals surface area contributed by atoms with Gasteiger partial charge in [0.2, 0.25) is 11.8 Å². The van der Waals surface area contributed by atoms with Crippen LogP contribution in [0.2, 0.25) is 0 Å². The highest BCUT2D eigenvalue weighted by atomic mass is 19.3. The van der Waals surface area contributed by atoms with E-state index >= 15 is 0 Å². The van der Waals surface area contributed by atoms with Gasteiger partial charge in [-0.25, -0.2) is 0 Å². The Morgan fingerprint density at radius 1 is 1.04 bits per heavy atom. The Balaban J connectivity index is 1.54. The van der Waals surface area contributed by atoms with Gasteiger partial charge < -0.3 is 14.5 Å². The molecule has 27 heavy (non-hydrogen) atoms. The molecule has 2 aliphatic rings. The Morgan fingerprint density at radius 2 is 1.70 bits per heavy atom. The minimum absolute atomic E-state index is 0.00343. The van der Waals surface area contributed by atoms with E-state index in [4.69, 9.17) is 0 Å². The summed E-state index contributed by atoms with van der Waals surface area (Å²) in [5.41, 5.74) is 0.422. The zero-order chi connectivity index (χ0) is 19.2. The zero-order valence-electron chi connectivity index (χ0n) is 15.2. The van der Waals surface area contributed by atoms with Gasteiger partial charge in [-0.3, -0.25) is 9.59 Å². The lowest BCUT2D eigenvalue weighted by Gasteiger charge is -2.32. The molecule has 7 heteroatoms. The normalized spacial score (nSPS) is 18.5. The maximum Gasteiger partial charge on any atom is 0.387 e. The van der Waals surface area contributed by atoms with E-state index in [1.807, 2.05) is 4.90 Å². The average molecular weight is 378 g/mol. The van der Waals surface area contributed by atoms with Crippen LogP contribution in [0.1, 0.15) is 31.2 Å². The van der Waals surface area contributed by atoms with E-state index < -0.39 is 6.61 Å². The highest BCUT2D eigenvalue weighted by Crippen LogP contribution is 2.24. The molecule has 2 aliphatic heterocycles. The summed E-state index contributed by atoms with van der Waals surface area (Å²) in [6.07, 6.45) is 6.34. The minimum atomic E-state index is -2.91. The van der Waals surface area contributed by atoms with Crippen molar-refractivity contribution >= 4 is 17.9 Å². The van der Waals surface area contributed by atoms with Crippen molar-refractivity contribution in [2.45, 2.75) is 32.3 Å². The van der Waals surface area contributed by atoms with Crippen molar-refractivity contribution in [2.75, 3.05) is 26.2 Å². The first-order valence-electron chi connectivity index (χ1n) is 9.34. The van der Waals surface area contributed by atoms with Crippen LogP contribution in [0.3, 0.4) is 0 Å². The number of carbonyl (C=O) groups excluding carboxylic acids is 2. The Morgan fingerprint density at radius 3 is 2.37 bits per heavy atom. The predicted octanol–water partition coefficient (Wildman–Crippen LogP) is 3.16. The predicted molar refractivity (Wildman–Crippen MR) is 97.2 cm³/mol. The molecule has 0 saturated carbocycles. The number of carbonyl (C=O) groups is 2. The Bertz CT molecular complexity index is 694. The molecule has 0 atom stereocenters. The van der Waals surface area contributed by atoms with Crippen LogP contribution in [-0.2, 0) is 9.59 Å². The third kappa shape index (κ3) is 5.05. The molecule has 1 aromatic rings. The number of nitrogens with zero attached hydrogens (tertiary/aromatic N) is 2. The summed E-state index contributed by atoms with van der Waals surface area (Å²) in [6.45, 7) is -0.158. The van der Waals surface area contributed by atoms with Gasteiger partial charge in [-0.15, -0.1) is 0 Å². The van der Waals surface area contributed by atoms with Crippen LogP contribution < -0.4 is 4.74 Å². The Kier molecular flexibility index (Phi) is 6.42. The fourth-order valence-electron chi connectivity index (χ4n) is 3.63. The maximum atomic E-state index is 12.5. The summed E-state index contributed by atoms with van der Waals surface area (Å²) in [4.78, 5) is 28.5. The standard InChI is InChI=1S/C20H24F2N2O3/c21-20(22)27-17-6-2-1-5-15(17)7-8-18(25)23-13-9-16(10-14-23)19(26)24-11-3-4-12-24/h1-2,5-8,16,20H,3-4,9-14H2/b8-7+. The fraction of sp³-hybridized carbons (Fsp3) is 0.500. The van der Waals surface area contributed by atoms with Crippen molar-refractivity contribution in [3.63, 3.8) is 0 Å². The van der Waals surface area contributed by atoms with Gasteiger partial charge in [-0.1, -0.05) is 18.2 Å². The second-order valence-electron chi connectivity index (χ2n) is 6.88. The van der Waals surface area contributed by atoms with E-state index in [0.29, 0.717) is 31.5 Å². The number of benzene rings is 1. The Hall–Kier alpha value is -2.44. The number of amides is 2. The van der Waals surface area contributed by atoms with Crippen LogP contribution in [0.25, 0.3) is 6.08 Å². The van der Waals surface area contributed by atoms with Gasteiger partial charge in [-0.2, -0.15) is 8.78 Å². The first kappa shape index (κ1) is 19.3. The second kappa shape index (κ2) is 8.97. The van der Waals surface area contributed by atoms with E-state index in [2.05, 4.69) is 4.74 Å². The third-order valence-electron chi connectivity index (χ3n) is 5.11. The quantitative estimate of drug-likeness (QED) is 0.740. The van der Waals surface area contributed by atoms with Crippen molar-refractivity contribution in [3.05, 3.63) is 35.9 Å². The number of rotatable bonds is 5. The van der Waals surface area contributed by atoms with Crippen molar-refractivity contribution in [1.82, 2.24) is 9.80 Å². The average Bonchev–Trinajstić information content (AvgIpc) is 3.21. The Labute approximate surface area is 157 Å². The molecule has 2 heterocycles. The van der Waals surface area contributed by atoms with Gasteiger partial charge in [-0.05, 0) is 37.8 Å². The summed E-state index contributed by atoms with van der Waals surface area (Å²) >= 11 is 0. The lowest BCUT2D eigenvalue weighted by molar-refractivity contribution is -0.138. The van der Waals surface area contributed by atoms with Gasteiger partial charge in [0.25, 0.3) is 0 Å². The molecule has 2 saturated heterocycles. The molecule has 0 aliphatic carbocycles. The summed E-state index contributed by atoms with van der Waals surface area (Å²) in [5, 5.41) is 0. The van der Waals surface area contributed by atoms with Gasteiger partial charge >= 0.3 is 6.61 Å². The zero-order valence-corrected chi connectivity index (χ0v) is 15.2. The summed E-state index contributed by atoms with van der Waals surface area (Å²) < 4.78 is 29.4. The fourth-order valence-corrected chi connectivity index (χ4v) is 3.63. The molecule has 0 radical (unpaired) electrons. The van der Waals surface area contributed by atoms with Crippen molar-refractivity contribution in [2.24, 2.45) is 5.92 Å². The van der Waals surface area contributed by atoms with Crippen molar-refractivity contribution in [1.29, 1.82) is 0 Å². The van der Waals surface area contributed by atoms with E-state index in [9.17, 15) is 18.4 Å². The number of alkyl halides is 2. The first-order valence-corrected chi connectivity index (χ1v) is 9.34. The van der Waals surface area contributed by atoms with E-state index in [0.717, 1.165) is 25.9 Å². The number of ether oxygens (including phenoxy) is 1. The van der Waals surface area contributed by atoms with E-state index in [1.165, 1.54) is 18.2 Å². The van der Waals surface area contributed by atoms with Crippen LogP contribution in [0, 0.1) is 5.92 Å². The molecule has 2 fully saturated rings. The van der Waals surface area contributed by atoms with Gasteiger partial charge in [0.1, 0.15) is 5.75 Å². The van der Waals surface area contributed by atoms with E-state index in [-0.39, 0.29) is 23.5 Å². The van der Waals surface area contributed by atoms with Gasteiger partial charge in [0, 0.05) is 43.7 Å². The lowest BCUT2D eigenvalue weighted by Crippen LogP contribution is -2.43. The van der Waals surface area contributed by atoms with Crippen LogP contribution in [0.4, 0.5) is 8.78 Å². The highest BCUT2D eigenvalue weighted by molar-refractivity contribution is 5.92. The van der Waals surface area contributed by atoms with Crippen LogP contribution in [0.5, 0.6) is 5.75 Å².